The largest absolute Gasteiger partial charge is 0.460 e. The monoisotopic (exact) mass is 356 g/mol. The Labute approximate surface area is 151 Å². The van der Waals surface area contributed by atoms with E-state index in [1.807, 2.05) is 27.7 Å². The Kier molecular flexibility index (Phi) is 15.5. The van der Waals surface area contributed by atoms with E-state index >= 15 is 0 Å². The SMILES string of the molecule is C=COC(=O)CCCC.C=COC(=O)CCCCC(=O)OC(C)(C)C. The van der Waals surface area contributed by atoms with Gasteiger partial charge in [0.1, 0.15) is 5.60 Å². The van der Waals surface area contributed by atoms with Crippen molar-refractivity contribution in [2.24, 2.45) is 0 Å². The Hall–Kier alpha value is -2.11. The summed E-state index contributed by atoms with van der Waals surface area (Å²) in [5, 5.41) is 0. The minimum atomic E-state index is -0.446. The summed E-state index contributed by atoms with van der Waals surface area (Å²) in [6.07, 6.45) is 6.57. The molecular weight excluding hydrogens is 324 g/mol. The summed E-state index contributed by atoms with van der Waals surface area (Å²) in [6.45, 7) is 14.1. The van der Waals surface area contributed by atoms with Gasteiger partial charge in [-0.2, -0.15) is 0 Å². The highest BCUT2D eigenvalue weighted by Gasteiger charge is 2.15. The van der Waals surface area contributed by atoms with E-state index in [9.17, 15) is 14.4 Å². The zero-order chi connectivity index (χ0) is 19.7. The van der Waals surface area contributed by atoms with Crippen LogP contribution < -0.4 is 0 Å². The maximum absolute atomic E-state index is 11.3. The lowest BCUT2D eigenvalue weighted by Crippen LogP contribution is -2.23. The van der Waals surface area contributed by atoms with E-state index in [0.29, 0.717) is 32.1 Å². The van der Waals surface area contributed by atoms with Gasteiger partial charge >= 0.3 is 17.9 Å². The summed E-state index contributed by atoms with van der Waals surface area (Å²) in [5.74, 6) is -0.740. The molecule has 0 saturated carbocycles. The second kappa shape index (κ2) is 15.4. The van der Waals surface area contributed by atoms with Crippen LogP contribution in [0.3, 0.4) is 0 Å². The Balaban J connectivity index is 0. The third-order valence-corrected chi connectivity index (χ3v) is 2.60. The first kappa shape index (κ1) is 25.1. The molecule has 0 spiro atoms. The molecule has 0 aromatic carbocycles. The molecule has 0 aromatic rings. The molecule has 0 aliphatic carbocycles. The predicted octanol–water partition coefficient (Wildman–Crippen LogP) is 4.44. The molecule has 0 aliphatic heterocycles. The van der Waals surface area contributed by atoms with Crippen LogP contribution >= 0.6 is 0 Å². The fourth-order valence-electron chi connectivity index (χ4n) is 1.56. The maximum atomic E-state index is 11.3. The molecule has 0 heterocycles. The van der Waals surface area contributed by atoms with Gasteiger partial charge in [0.25, 0.3) is 0 Å². The van der Waals surface area contributed by atoms with Crippen LogP contribution in [0.15, 0.2) is 25.7 Å². The second-order valence-electron chi connectivity index (χ2n) is 6.21. The molecule has 0 aliphatic rings. The molecule has 0 unspecified atom stereocenters. The van der Waals surface area contributed by atoms with Crippen molar-refractivity contribution in [2.75, 3.05) is 0 Å². The summed E-state index contributed by atoms with van der Waals surface area (Å²) < 4.78 is 14.1. The molecule has 0 aromatic heterocycles. The molecule has 6 nitrogen and oxygen atoms in total. The number of esters is 3. The summed E-state index contributed by atoms with van der Waals surface area (Å²) in [4.78, 5) is 32.7. The average Bonchev–Trinajstić information content (AvgIpc) is 2.49. The van der Waals surface area contributed by atoms with E-state index in [1.165, 1.54) is 0 Å². The van der Waals surface area contributed by atoms with Gasteiger partial charge in [-0.05, 0) is 40.0 Å². The molecule has 0 radical (unpaired) electrons. The van der Waals surface area contributed by atoms with Crippen LogP contribution in [0.25, 0.3) is 0 Å². The number of ether oxygens (including phenoxy) is 3. The number of hydrogen-bond donors (Lipinski definition) is 0. The first-order valence-electron chi connectivity index (χ1n) is 8.48. The Morgan fingerprint density at radius 2 is 1.20 bits per heavy atom. The zero-order valence-electron chi connectivity index (χ0n) is 16.0. The van der Waals surface area contributed by atoms with Crippen molar-refractivity contribution in [1.29, 1.82) is 0 Å². The summed E-state index contributed by atoms with van der Waals surface area (Å²) in [5.41, 5.74) is -0.446. The summed E-state index contributed by atoms with van der Waals surface area (Å²) in [6, 6.07) is 0. The van der Waals surface area contributed by atoms with Gasteiger partial charge in [-0.1, -0.05) is 26.5 Å². The maximum Gasteiger partial charge on any atom is 0.310 e. The fourth-order valence-corrected chi connectivity index (χ4v) is 1.56. The van der Waals surface area contributed by atoms with Crippen LogP contribution in [0.5, 0.6) is 0 Å². The van der Waals surface area contributed by atoms with Gasteiger partial charge in [0.05, 0.1) is 12.5 Å². The van der Waals surface area contributed by atoms with E-state index in [0.717, 1.165) is 25.4 Å². The van der Waals surface area contributed by atoms with E-state index in [2.05, 4.69) is 22.6 Å². The number of carbonyl (C=O) groups excluding carboxylic acids is 3. The highest BCUT2D eigenvalue weighted by atomic mass is 16.6. The number of carbonyl (C=O) groups is 3. The average molecular weight is 356 g/mol. The minimum absolute atomic E-state index is 0.188. The van der Waals surface area contributed by atoms with Crippen LogP contribution in [-0.2, 0) is 28.6 Å². The first-order valence-corrected chi connectivity index (χ1v) is 8.48. The van der Waals surface area contributed by atoms with Crippen molar-refractivity contribution in [3.05, 3.63) is 25.7 Å². The molecule has 144 valence electrons. The van der Waals surface area contributed by atoms with Crippen LogP contribution in [0, 0.1) is 0 Å². The number of rotatable bonds is 10. The van der Waals surface area contributed by atoms with Crippen molar-refractivity contribution >= 4 is 17.9 Å². The Bertz CT molecular complexity index is 420. The lowest BCUT2D eigenvalue weighted by Gasteiger charge is -2.19. The lowest BCUT2D eigenvalue weighted by molar-refractivity contribution is -0.155. The zero-order valence-corrected chi connectivity index (χ0v) is 16.0. The quantitative estimate of drug-likeness (QED) is 0.249. The Morgan fingerprint density at radius 3 is 1.56 bits per heavy atom. The van der Waals surface area contributed by atoms with Gasteiger partial charge in [-0.3, -0.25) is 14.4 Å². The van der Waals surface area contributed by atoms with Gasteiger partial charge in [0.15, 0.2) is 0 Å². The van der Waals surface area contributed by atoms with Gasteiger partial charge in [0, 0.05) is 19.3 Å². The van der Waals surface area contributed by atoms with Gasteiger partial charge < -0.3 is 14.2 Å². The van der Waals surface area contributed by atoms with E-state index in [4.69, 9.17) is 4.74 Å². The summed E-state index contributed by atoms with van der Waals surface area (Å²) >= 11 is 0. The second-order valence-corrected chi connectivity index (χ2v) is 6.21. The molecule has 0 saturated heterocycles. The molecule has 25 heavy (non-hydrogen) atoms. The minimum Gasteiger partial charge on any atom is -0.460 e. The number of unbranched alkanes of at least 4 members (excludes halogenated alkanes) is 2. The topological polar surface area (TPSA) is 78.9 Å². The molecule has 0 atom stereocenters. The van der Waals surface area contributed by atoms with Crippen LogP contribution in [0.2, 0.25) is 0 Å². The standard InChI is InChI=1S/C12H20O4.C7H12O2/c1-5-15-10(13)8-6-7-9-11(14)16-12(2,3)4;1-3-5-6-7(8)9-4-2/h5H,1,6-9H2,2-4H3;4H,2-3,5-6H2,1H3. The van der Waals surface area contributed by atoms with Crippen molar-refractivity contribution < 1.29 is 28.6 Å². The molecule has 6 heteroatoms. The van der Waals surface area contributed by atoms with E-state index < -0.39 is 5.60 Å². The molecule has 0 fully saturated rings. The van der Waals surface area contributed by atoms with Crippen molar-refractivity contribution in [3.8, 4) is 0 Å². The lowest BCUT2D eigenvalue weighted by atomic mass is 10.1. The van der Waals surface area contributed by atoms with Crippen LogP contribution in [0.4, 0.5) is 0 Å². The highest BCUT2D eigenvalue weighted by Crippen LogP contribution is 2.10. The molecule has 0 amide bonds. The molecule has 0 rings (SSSR count). The van der Waals surface area contributed by atoms with Crippen molar-refractivity contribution in [2.45, 2.75) is 78.2 Å². The molecular formula is C19H32O6. The smallest absolute Gasteiger partial charge is 0.310 e. The third kappa shape index (κ3) is 21.9. The highest BCUT2D eigenvalue weighted by molar-refractivity contribution is 5.71. The van der Waals surface area contributed by atoms with Gasteiger partial charge in [0.2, 0.25) is 0 Å². The molecule has 0 bridgehead atoms. The van der Waals surface area contributed by atoms with Gasteiger partial charge in [-0.15, -0.1) is 0 Å². The van der Waals surface area contributed by atoms with E-state index in [1.54, 1.807) is 0 Å². The Morgan fingerprint density at radius 1 is 0.800 bits per heavy atom. The fraction of sp³-hybridized carbons (Fsp3) is 0.632. The summed E-state index contributed by atoms with van der Waals surface area (Å²) in [7, 11) is 0. The third-order valence-electron chi connectivity index (χ3n) is 2.60. The van der Waals surface area contributed by atoms with Crippen molar-refractivity contribution in [3.63, 3.8) is 0 Å². The van der Waals surface area contributed by atoms with Crippen LogP contribution in [0.1, 0.15) is 72.6 Å². The molecule has 0 N–H and O–H groups in total. The van der Waals surface area contributed by atoms with Crippen LogP contribution in [-0.4, -0.2) is 23.5 Å². The first-order chi connectivity index (χ1) is 11.7. The normalized spacial score (nSPS) is 9.92. The van der Waals surface area contributed by atoms with E-state index in [-0.39, 0.29) is 17.9 Å². The van der Waals surface area contributed by atoms with Gasteiger partial charge in [-0.25, -0.2) is 0 Å². The predicted molar refractivity (Wildman–Crippen MR) is 96.4 cm³/mol. The van der Waals surface area contributed by atoms with Crippen molar-refractivity contribution in [1.82, 2.24) is 0 Å². The number of hydrogen-bond acceptors (Lipinski definition) is 6.